The predicted octanol–water partition coefficient (Wildman–Crippen LogP) is 2.53. The van der Waals surface area contributed by atoms with E-state index in [0.717, 1.165) is 30.7 Å². The highest BCUT2D eigenvalue weighted by molar-refractivity contribution is 5.41. The number of aromatic nitrogens is 2. The number of ether oxygens (including phenoxy) is 2. The molecule has 0 saturated heterocycles. The van der Waals surface area contributed by atoms with Gasteiger partial charge in [-0.3, -0.25) is 9.89 Å². The molecule has 0 aliphatic heterocycles. The molecule has 0 amide bonds. The maximum Gasteiger partial charge on any atom is 0.271 e. The zero-order valence-corrected chi connectivity index (χ0v) is 12.1. The van der Waals surface area contributed by atoms with Crippen molar-refractivity contribution in [3.8, 4) is 17.3 Å². The minimum Gasteiger partial charge on any atom is -0.497 e. The summed E-state index contributed by atoms with van der Waals surface area (Å²) in [5.41, 5.74) is 1.44. The van der Waals surface area contributed by atoms with Gasteiger partial charge in [-0.05, 0) is 37.1 Å². The highest BCUT2D eigenvalue weighted by Gasteiger charge is 2.16. The van der Waals surface area contributed by atoms with Crippen molar-refractivity contribution in [1.82, 2.24) is 9.78 Å². The molecule has 5 heteroatoms. The van der Waals surface area contributed by atoms with E-state index >= 15 is 0 Å². The van der Waals surface area contributed by atoms with Gasteiger partial charge in [0.25, 0.3) is 5.56 Å². The third kappa shape index (κ3) is 2.71. The smallest absolute Gasteiger partial charge is 0.271 e. The lowest BCUT2D eigenvalue weighted by molar-refractivity contribution is 0.378. The zero-order chi connectivity index (χ0) is 14.5. The van der Waals surface area contributed by atoms with Crippen LogP contribution < -0.4 is 15.0 Å². The molecule has 2 aromatic rings. The van der Waals surface area contributed by atoms with E-state index in [-0.39, 0.29) is 5.56 Å². The second kappa shape index (κ2) is 6.32. The van der Waals surface area contributed by atoms with Crippen LogP contribution in [0, 0.1) is 0 Å². The molecule has 0 aliphatic rings. The van der Waals surface area contributed by atoms with Gasteiger partial charge in [-0.2, -0.15) is 0 Å². The van der Waals surface area contributed by atoms with Crippen molar-refractivity contribution in [3.05, 3.63) is 40.2 Å². The number of nitrogens with zero attached hydrogens (tertiary/aromatic N) is 1. The first-order chi connectivity index (χ1) is 9.71. The van der Waals surface area contributed by atoms with E-state index < -0.39 is 0 Å². The number of hydrogen-bond donors (Lipinski definition) is 1. The van der Waals surface area contributed by atoms with Crippen LogP contribution in [-0.2, 0) is 6.42 Å². The Morgan fingerprint density at radius 3 is 2.40 bits per heavy atom. The van der Waals surface area contributed by atoms with Crippen molar-refractivity contribution in [2.75, 3.05) is 14.2 Å². The lowest BCUT2D eigenvalue weighted by Crippen LogP contribution is -2.07. The van der Waals surface area contributed by atoms with Crippen LogP contribution in [0.25, 0.3) is 5.69 Å². The number of nitrogens with one attached hydrogen (secondary N) is 1. The van der Waals surface area contributed by atoms with Crippen LogP contribution in [0.2, 0.25) is 0 Å². The van der Waals surface area contributed by atoms with Gasteiger partial charge in [0.2, 0.25) is 5.88 Å². The van der Waals surface area contributed by atoms with Gasteiger partial charge in [0.15, 0.2) is 0 Å². The predicted molar refractivity (Wildman–Crippen MR) is 78.1 cm³/mol. The molecule has 0 saturated carbocycles. The molecule has 0 aliphatic carbocycles. The van der Waals surface area contributed by atoms with Crippen LogP contribution in [0.15, 0.2) is 29.1 Å². The van der Waals surface area contributed by atoms with Crippen LogP contribution in [0.1, 0.15) is 25.3 Å². The van der Waals surface area contributed by atoms with E-state index in [1.54, 1.807) is 18.9 Å². The van der Waals surface area contributed by atoms with Crippen molar-refractivity contribution in [2.45, 2.75) is 26.2 Å². The standard InChI is InChI=1S/C15H20N2O3/c1-4-5-6-13-14(18)16-17(15(13)20-3)11-7-9-12(19-2)10-8-11/h7-10H,4-6H2,1-3H3,(H,16,18). The number of hydrogen-bond acceptors (Lipinski definition) is 3. The fourth-order valence-corrected chi connectivity index (χ4v) is 2.15. The summed E-state index contributed by atoms with van der Waals surface area (Å²) in [5, 5.41) is 2.82. The molecule has 1 aromatic carbocycles. The first-order valence-electron chi connectivity index (χ1n) is 6.73. The normalized spacial score (nSPS) is 10.6. The highest BCUT2D eigenvalue weighted by Crippen LogP contribution is 2.22. The van der Waals surface area contributed by atoms with E-state index in [4.69, 9.17) is 9.47 Å². The lowest BCUT2D eigenvalue weighted by atomic mass is 10.1. The van der Waals surface area contributed by atoms with Crippen molar-refractivity contribution < 1.29 is 9.47 Å². The van der Waals surface area contributed by atoms with E-state index in [1.165, 1.54) is 0 Å². The molecule has 0 radical (unpaired) electrons. The van der Waals surface area contributed by atoms with E-state index in [1.807, 2.05) is 24.3 Å². The first kappa shape index (κ1) is 14.2. The van der Waals surface area contributed by atoms with Crippen molar-refractivity contribution in [1.29, 1.82) is 0 Å². The fraction of sp³-hybridized carbons (Fsp3) is 0.400. The van der Waals surface area contributed by atoms with Gasteiger partial charge in [-0.15, -0.1) is 0 Å². The van der Waals surface area contributed by atoms with Crippen LogP contribution in [0.5, 0.6) is 11.6 Å². The van der Waals surface area contributed by atoms with Gasteiger partial charge in [0, 0.05) is 0 Å². The highest BCUT2D eigenvalue weighted by atomic mass is 16.5. The summed E-state index contributed by atoms with van der Waals surface area (Å²) in [7, 11) is 3.20. The molecule has 0 unspecified atom stereocenters. The maximum absolute atomic E-state index is 12.0. The first-order valence-corrected chi connectivity index (χ1v) is 6.73. The molecule has 0 spiro atoms. The van der Waals surface area contributed by atoms with Gasteiger partial charge in [0.05, 0.1) is 25.5 Å². The molecule has 0 atom stereocenters. The molecule has 1 N–H and O–H groups in total. The molecule has 1 heterocycles. The van der Waals surface area contributed by atoms with E-state index in [0.29, 0.717) is 11.4 Å². The monoisotopic (exact) mass is 276 g/mol. The van der Waals surface area contributed by atoms with Crippen molar-refractivity contribution in [2.24, 2.45) is 0 Å². The quantitative estimate of drug-likeness (QED) is 0.882. The van der Waals surface area contributed by atoms with E-state index in [2.05, 4.69) is 12.0 Å². The number of aromatic amines is 1. The molecule has 108 valence electrons. The topological polar surface area (TPSA) is 56.2 Å². The summed E-state index contributed by atoms with van der Waals surface area (Å²) in [6.07, 6.45) is 2.72. The average molecular weight is 276 g/mol. The van der Waals surface area contributed by atoms with Gasteiger partial charge in [0.1, 0.15) is 5.75 Å². The number of unbranched alkanes of at least 4 members (excludes halogenated alkanes) is 1. The molecule has 1 aromatic heterocycles. The van der Waals surface area contributed by atoms with Gasteiger partial charge in [-0.1, -0.05) is 13.3 Å². The van der Waals surface area contributed by atoms with Crippen LogP contribution in [0.3, 0.4) is 0 Å². The Balaban J connectivity index is 2.42. The summed E-state index contributed by atoms with van der Waals surface area (Å²) in [5.74, 6) is 1.35. The summed E-state index contributed by atoms with van der Waals surface area (Å²) in [4.78, 5) is 12.0. The molecule has 2 rings (SSSR count). The molecular formula is C15H20N2O3. The zero-order valence-electron chi connectivity index (χ0n) is 12.1. The summed E-state index contributed by atoms with van der Waals surface area (Å²) >= 11 is 0. The van der Waals surface area contributed by atoms with Crippen LogP contribution in [0.4, 0.5) is 0 Å². The van der Waals surface area contributed by atoms with Gasteiger partial charge in [-0.25, -0.2) is 4.68 Å². The minimum atomic E-state index is -0.0916. The Kier molecular flexibility index (Phi) is 4.50. The summed E-state index contributed by atoms with van der Waals surface area (Å²) < 4.78 is 12.2. The second-order valence-electron chi connectivity index (χ2n) is 4.57. The maximum atomic E-state index is 12.0. The van der Waals surface area contributed by atoms with Crippen LogP contribution in [-0.4, -0.2) is 24.0 Å². The fourth-order valence-electron chi connectivity index (χ4n) is 2.15. The number of benzene rings is 1. The Labute approximate surface area is 118 Å². The number of methoxy groups -OCH3 is 2. The minimum absolute atomic E-state index is 0.0916. The second-order valence-corrected chi connectivity index (χ2v) is 4.57. The average Bonchev–Trinajstić information content (AvgIpc) is 2.81. The summed E-state index contributed by atoms with van der Waals surface area (Å²) in [6, 6.07) is 7.44. The molecule has 5 nitrogen and oxygen atoms in total. The Bertz CT molecular complexity index is 611. The van der Waals surface area contributed by atoms with Gasteiger partial charge < -0.3 is 9.47 Å². The molecule has 20 heavy (non-hydrogen) atoms. The lowest BCUT2D eigenvalue weighted by Gasteiger charge is -2.09. The SMILES string of the molecule is CCCCc1c(OC)n(-c2ccc(OC)cc2)[nH]c1=O. The van der Waals surface area contributed by atoms with Crippen molar-refractivity contribution in [3.63, 3.8) is 0 Å². The third-order valence-electron chi connectivity index (χ3n) is 3.25. The van der Waals surface area contributed by atoms with Crippen molar-refractivity contribution >= 4 is 0 Å². The number of H-pyrrole nitrogens is 1. The van der Waals surface area contributed by atoms with E-state index in [9.17, 15) is 4.79 Å². The summed E-state index contributed by atoms with van der Waals surface area (Å²) in [6.45, 7) is 2.10. The Morgan fingerprint density at radius 2 is 1.85 bits per heavy atom. The third-order valence-corrected chi connectivity index (χ3v) is 3.25. The molecule has 0 fully saturated rings. The number of rotatable bonds is 6. The largest absolute Gasteiger partial charge is 0.497 e. The Morgan fingerprint density at radius 1 is 1.15 bits per heavy atom. The molecular weight excluding hydrogens is 256 g/mol. The van der Waals surface area contributed by atoms with Gasteiger partial charge >= 0.3 is 0 Å². The molecule has 0 bridgehead atoms. The Hall–Kier alpha value is -2.17. The van der Waals surface area contributed by atoms with Crippen LogP contribution >= 0.6 is 0 Å².